The monoisotopic (exact) mass is 152 g/mol. The van der Waals surface area contributed by atoms with Gasteiger partial charge in [0.25, 0.3) is 0 Å². The van der Waals surface area contributed by atoms with Crippen molar-refractivity contribution in [3.63, 3.8) is 0 Å². The van der Waals surface area contributed by atoms with Gasteiger partial charge in [-0.25, -0.2) is 0 Å². The highest BCUT2D eigenvalue weighted by atomic mass is 14.3. The molecular weight excluding hydrogens is 132 g/mol. The maximum absolute atomic E-state index is 2.39. The Bertz CT molecular complexity index is 153. The highest BCUT2D eigenvalue weighted by Gasteiger charge is 2.27. The van der Waals surface area contributed by atoms with Gasteiger partial charge in [0, 0.05) is 0 Å². The van der Waals surface area contributed by atoms with Gasteiger partial charge in [0.05, 0.1) is 0 Å². The van der Waals surface area contributed by atoms with E-state index in [-0.39, 0.29) is 0 Å². The number of rotatable bonds is 0. The lowest BCUT2D eigenvalue weighted by molar-refractivity contribution is 0.201. The molecular formula is C11H20. The van der Waals surface area contributed by atoms with Gasteiger partial charge in [-0.15, -0.1) is 0 Å². The Balaban J connectivity index is 2.69. The van der Waals surface area contributed by atoms with Crippen molar-refractivity contribution < 1.29 is 0 Å². The largest absolute Gasteiger partial charge is 0.0880 e. The summed E-state index contributed by atoms with van der Waals surface area (Å²) < 4.78 is 0. The number of hydrogen-bond donors (Lipinski definition) is 0. The van der Waals surface area contributed by atoms with E-state index in [1.807, 2.05) is 0 Å². The van der Waals surface area contributed by atoms with Gasteiger partial charge in [-0.1, -0.05) is 39.8 Å². The SMILES string of the molecule is CC1C=CCC(C)C(C)(C)C1. The first kappa shape index (κ1) is 8.83. The fraction of sp³-hybridized carbons (Fsp3) is 0.818. The quantitative estimate of drug-likeness (QED) is 0.465. The minimum Gasteiger partial charge on any atom is -0.0880 e. The fourth-order valence-electron chi connectivity index (χ4n) is 1.93. The van der Waals surface area contributed by atoms with E-state index in [1.165, 1.54) is 12.8 Å². The molecule has 0 aromatic rings. The van der Waals surface area contributed by atoms with E-state index in [1.54, 1.807) is 0 Å². The Morgan fingerprint density at radius 3 is 2.55 bits per heavy atom. The molecule has 1 aliphatic carbocycles. The zero-order valence-electron chi connectivity index (χ0n) is 8.22. The summed E-state index contributed by atoms with van der Waals surface area (Å²) >= 11 is 0. The van der Waals surface area contributed by atoms with Crippen molar-refractivity contribution in [3.8, 4) is 0 Å². The van der Waals surface area contributed by atoms with Crippen molar-refractivity contribution in [2.75, 3.05) is 0 Å². The molecule has 0 fully saturated rings. The summed E-state index contributed by atoms with van der Waals surface area (Å²) in [7, 11) is 0. The van der Waals surface area contributed by atoms with Gasteiger partial charge < -0.3 is 0 Å². The molecule has 0 aromatic heterocycles. The Morgan fingerprint density at radius 2 is 1.91 bits per heavy atom. The lowest BCUT2D eigenvalue weighted by Crippen LogP contribution is -2.21. The van der Waals surface area contributed by atoms with Crippen LogP contribution in [-0.2, 0) is 0 Å². The van der Waals surface area contributed by atoms with Gasteiger partial charge in [0.1, 0.15) is 0 Å². The average molecular weight is 152 g/mol. The van der Waals surface area contributed by atoms with Crippen molar-refractivity contribution in [3.05, 3.63) is 12.2 Å². The second-order valence-corrected chi connectivity index (χ2v) is 4.73. The van der Waals surface area contributed by atoms with Crippen LogP contribution >= 0.6 is 0 Å². The van der Waals surface area contributed by atoms with E-state index in [4.69, 9.17) is 0 Å². The lowest BCUT2D eigenvalue weighted by Gasteiger charge is -2.31. The van der Waals surface area contributed by atoms with Crippen molar-refractivity contribution in [2.45, 2.75) is 40.5 Å². The summed E-state index contributed by atoms with van der Waals surface area (Å²) in [6.07, 6.45) is 7.32. The Morgan fingerprint density at radius 1 is 1.27 bits per heavy atom. The molecule has 2 atom stereocenters. The number of hydrogen-bond acceptors (Lipinski definition) is 0. The standard InChI is InChI=1S/C11H20/c1-9-6-5-7-10(2)11(3,4)8-9/h5-6,9-10H,7-8H2,1-4H3. The molecule has 1 aliphatic rings. The number of allylic oxidation sites excluding steroid dienone is 2. The second-order valence-electron chi connectivity index (χ2n) is 4.73. The Kier molecular flexibility index (Phi) is 2.41. The average Bonchev–Trinajstić information content (AvgIpc) is 1.93. The zero-order chi connectivity index (χ0) is 8.48. The lowest BCUT2D eigenvalue weighted by atomic mass is 9.74. The predicted molar refractivity (Wildman–Crippen MR) is 50.5 cm³/mol. The summed E-state index contributed by atoms with van der Waals surface area (Å²) in [5.74, 6) is 1.61. The van der Waals surface area contributed by atoms with Crippen LogP contribution in [0.3, 0.4) is 0 Å². The van der Waals surface area contributed by atoms with Crippen LogP contribution in [0.5, 0.6) is 0 Å². The van der Waals surface area contributed by atoms with E-state index in [0.29, 0.717) is 5.41 Å². The molecule has 1 rings (SSSR count). The molecule has 0 aromatic carbocycles. The molecule has 2 unspecified atom stereocenters. The molecule has 0 amide bonds. The molecule has 0 saturated carbocycles. The van der Waals surface area contributed by atoms with E-state index >= 15 is 0 Å². The highest BCUT2D eigenvalue weighted by Crippen LogP contribution is 2.38. The summed E-state index contributed by atoms with van der Waals surface area (Å²) in [5.41, 5.74) is 0.531. The smallest absolute Gasteiger partial charge is 0.0257 e. The molecule has 0 bridgehead atoms. The van der Waals surface area contributed by atoms with Crippen molar-refractivity contribution in [1.29, 1.82) is 0 Å². The van der Waals surface area contributed by atoms with E-state index in [2.05, 4.69) is 39.8 Å². The van der Waals surface area contributed by atoms with Crippen LogP contribution in [0.25, 0.3) is 0 Å². The molecule has 0 saturated heterocycles. The van der Waals surface area contributed by atoms with Gasteiger partial charge in [-0.05, 0) is 30.1 Å². The first-order chi connectivity index (χ1) is 5.02. The van der Waals surface area contributed by atoms with Crippen LogP contribution in [0.15, 0.2) is 12.2 Å². The van der Waals surface area contributed by atoms with Gasteiger partial charge in [0.2, 0.25) is 0 Å². The van der Waals surface area contributed by atoms with Crippen LogP contribution in [0.1, 0.15) is 40.5 Å². The molecule has 0 radical (unpaired) electrons. The minimum absolute atomic E-state index is 0.531. The summed E-state index contributed by atoms with van der Waals surface area (Å²) in [6, 6.07) is 0. The van der Waals surface area contributed by atoms with Crippen LogP contribution in [-0.4, -0.2) is 0 Å². The molecule has 0 aliphatic heterocycles. The van der Waals surface area contributed by atoms with Crippen LogP contribution < -0.4 is 0 Å². The second kappa shape index (κ2) is 3.00. The Labute approximate surface area is 70.7 Å². The minimum atomic E-state index is 0.531. The topological polar surface area (TPSA) is 0 Å². The third-order valence-electron chi connectivity index (χ3n) is 3.14. The van der Waals surface area contributed by atoms with Crippen molar-refractivity contribution >= 4 is 0 Å². The molecule has 0 heteroatoms. The third kappa shape index (κ3) is 2.08. The predicted octanol–water partition coefficient (Wildman–Crippen LogP) is 3.63. The third-order valence-corrected chi connectivity index (χ3v) is 3.14. The maximum Gasteiger partial charge on any atom is -0.0257 e. The molecule has 64 valence electrons. The fourth-order valence-corrected chi connectivity index (χ4v) is 1.93. The summed E-state index contributed by atoms with van der Waals surface area (Å²) in [5, 5.41) is 0. The molecule has 0 nitrogen and oxygen atoms in total. The first-order valence-corrected chi connectivity index (χ1v) is 4.69. The Hall–Kier alpha value is -0.260. The van der Waals surface area contributed by atoms with Gasteiger partial charge >= 0.3 is 0 Å². The van der Waals surface area contributed by atoms with Crippen molar-refractivity contribution in [1.82, 2.24) is 0 Å². The summed E-state index contributed by atoms with van der Waals surface area (Å²) in [6.45, 7) is 9.46. The summed E-state index contributed by atoms with van der Waals surface area (Å²) in [4.78, 5) is 0. The molecule has 0 heterocycles. The van der Waals surface area contributed by atoms with Gasteiger partial charge in [-0.3, -0.25) is 0 Å². The zero-order valence-corrected chi connectivity index (χ0v) is 8.22. The van der Waals surface area contributed by atoms with Crippen LogP contribution in [0, 0.1) is 17.3 Å². The molecule has 0 N–H and O–H groups in total. The normalized spacial score (nSPS) is 36.7. The van der Waals surface area contributed by atoms with E-state index in [0.717, 1.165) is 11.8 Å². The van der Waals surface area contributed by atoms with Crippen molar-refractivity contribution in [2.24, 2.45) is 17.3 Å². The van der Waals surface area contributed by atoms with Gasteiger partial charge in [0.15, 0.2) is 0 Å². The van der Waals surface area contributed by atoms with Gasteiger partial charge in [-0.2, -0.15) is 0 Å². The van der Waals surface area contributed by atoms with E-state index in [9.17, 15) is 0 Å². The van der Waals surface area contributed by atoms with E-state index < -0.39 is 0 Å². The highest BCUT2D eigenvalue weighted by molar-refractivity contribution is 4.96. The van der Waals surface area contributed by atoms with Crippen LogP contribution in [0.2, 0.25) is 0 Å². The van der Waals surface area contributed by atoms with Crippen LogP contribution in [0.4, 0.5) is 0 Å². The maximum atomic E-state index is 2.39. The molecule has 0 spiro atoms. The molecule has 11 heavy (non-hydrogen) atoms. The first-order valence-electron chi connectivity index (χ1n) is 4.69.